The number of rotatable bonds is 9. The van der Waals surface area contributed by atoms with Crippen molar-refractivity contribution in [2.45, 2.75) is 62.9 Å². The van der Waals surface area contributed by atoms with Crippen LogP contribution in [0.1, 0.15) is 84.1 Å². The summed E-state index contributed by atoms with van der Waals surface area (Å²) < 4.78 is 6.25. The Morgan fingerprint density at radius 3 is 2.22 bits per heavy atom. The molecule has 0 saturated carbocycles. The molecule has 2 heterocycles. The molecule has 266 valence electrons. The van der Waals surface area contributed by atoms with Gasteiger partial charge in [-0.1, -0.05) is 91.9 Å². The molecule has 1 aromatic heterocycles. The molecule has 2 aliphatic rings. The summed E-state index contributed by atoms with van der Waals surface area (Å²) in [4.78, 5) is 62.4. The minimum atomic E-state index is -0.719. The lowest BCUT2D eigenvalue weighted by Gasteiger charge is -2.42. The molecule has 10 heteroatoms. The van der Waals surface area contributed by atoms with Gasteiger partial charge in [0.1, 0.15) is 5.56 Å². The quantitative estimate of drug-likeness (QED) is 0.188. The SMILES string of the molecule is CCOC(=O)[C@H](NC=O)c1ccccc1.Cn1cccc(C(=O)NC2CCN(C(=O)[C@H]3CC[C@@](C)(c4ccccc4)c4ccccc43)CC2)c1=O. The zero-order valence-corrected chi connectivity index (χ0v) is 29.4. The van der Waals surface area contributed by atoms with Crippen molar-refractivity contribution in [2.24, 2.45) is 7.05 Å². The third-order valence-electron chi connectivity index (χ3n) is 9.97. The zero-order valence-electron chi connectivity index (χ0n) is 29.4. The van der Waals surface area contributed by atoms with E-state index in [0.717, 1.165) is 18.4 Å². The van der Waals surface area contributed by atoms with Gasteiger partial charge in [-0.15, -0.1) is 0 Å². The standard InChI is InChI=1S/C30H33N3O3.C11H13NO3/c1-30(21-9-4-3-5-10-21)17-14-24(23-11-6-7-13-26(23)30)29(36)33-19-15-22(16-20-33)31-27(34)25-12-8-18-32(2)28(25)35;1-2-15-11(14)10(12-8-13)9-6-4-3-5-7-9/h3-13,18,22,24H,14-17,19-20H2,1-2H3,(H,31,34);3-8,10H,2H2,1H3,(H,12,13)/t24-,30-;10-/m01/s1. The highest BCUT2D eigenvalue weighted by Crippen LogP contribution is 2.47. The van der Waals surface area contributed by atoms with Crippen LogP contribution < -0.4 is 16.2 Å². The van der Waals surface area contributed by atoms with E-state index in [9.17, 15) is 24.0 Å². The number of esters is 1. The number of ether oxygens (including phenoxy) is 1. The van der Waals surface area contributed by atoms with E-state index in [1.54, 1.807) is 56.6 Å². The Labute approximate surface area is 298 Å². The van der Waals surface area contributed by atoms with Gasteiger partial charge < -0.3 is 24.8 Å². The third-order valence-corrected chi connectivity index (χ3v) is 9.97. The first kappa shape index (κ1) is 36.8. The highest BCUT2D eigenvalue weighted by atomic mass is 16.5. The fourth-order valence-electron chi connectivity index (χ4n) is 7.13. The van der Waals surface area contributed by atoms with E-state index in [4.69, 9.17) is 4.74 Å². The lowest BCUT2D eigenvalue weighted by molar-refractivity contribution is -0.146. The predicted octanol–water partition coefficient (Wildman–Crippen LogP) is 5.03. The monoisotopic (exact) mass is 690 g/mol. The summed E-state index contributed by atoms with van der Waals surface area (Å²) in [6.45, 7) is 5.51. The van der Waals surface area contributed by atoms with E-state index in [-0.39, 0.29) is 40.3 Å². The molecule has 4 aromatic rings. The number of piperidine rings is 1. The number of fused-ring (bicyclic) bond motifs is 1. The summed E-state index contributed by atoms with van der Waals surface area (Å²) in [5, 5.41) is 5.42. The molecule has 6 rings (SSSR count). The maximum atomic E-state index is 13.7. The van der Waals surface area contributed by atoms with Gasteiger partial charge in [0.05, 0.1) is 12.5 Å². The van der Waals surface area contributed by atoms with Crippen LogP contribution in [0.3, 0.4) is 0 Å². The molecule has 51 heavy (non-hydrogen) atoms. The van der Waals surface area contributed by atoms with Gasteiger partial charge in [0.15, 0.2) is 6.04 Å². The first-order valence-corrected chi connectivity index (χ1v) is 17.5. The molecule has 3 atom stereocenters. The molecule has 1 aliphatic heterocycles. The summed E-state index contributed by atoms with van der Waals surface area (Å²) >= 11 is 0. The zero-order chi connectivity index (χ0) is 36.4. The van der Waals surface area contributed by atoms with Crippen molar-refractivity contribution in [3.8, 4) is 0 Å². The molecule has 2 N–H and O–H groups in total. The van der Waals surface area contributed by atoms with Crippen molar-refractivity contribution in [1.29, 1.82) is 0 Å². The molecule has 0 spiro atoms. The average molecular weight is 691 g/mol. The number of amides is 3. The number of hydrogen-bond donors (Lipinski definition) is 2. The number of nitrogens with one attached hydrogen (secondary N) is 2. The van der Waals surface area contributed by atoms with Gasteiger partial charge in [-0.25, -0.2) is 4.79 Å². The second kappa shape index (κ2) is 16.9. The molecule has 1 fully saturated rings. The highest BCUT2D eigenvalue weighted by Gasteiger charge is 2.41. The number of aryl methyl sites for hydroxylation is 1. The first-order chi connectivity index (χ1) is 24.7. The van der Waals surface area contributed by atoms with Gasteiger partial charge in [-0.05, 0) is 67.0 Å². The minimum absolute atomic E-state index is 0.0496. The van der Waals surface area contributed by atoms with Crippen LogP contribution in [-0.2, 0) is 31.6 Å². The Bertz CT molecular complexity index is 1870. The minimum Gasteiger partial charge on any atom is -0.464 e. The Morgan fingerprint density at radius 1 is 0.902 bits per heavy atom. The average Bonchev–Trinajstić information content (AvgIpc) is 3.16. The van der Waals surface area contributed by atoms with Crippen molar-refractivity contribution >= 4 is 24.2 Å². The largest absolute Gasteiger partial charge is 0.464 e. The van der Waals surface area contributed by atoms with E-state index in [2.05, 4.69) is 60.0 Å². The van der Waals surface area contributed by atoms with Crippen molar-refractivity contribution in [2.75, 3.05) is 19.7 Å². The number of carbonyl (C=O) groups excluding carboxylic acids is 4. The number of nitrogens with zero attached hydrogens (tertiary/aromatic N) is 2. The molecule has 3 aromatic carbocycles. The van der Waals surface area contributed by atoms with E-state index >= 15 is 0 Å². The smallest absolute Gasteiger partial charge is 0.333 e. The molecule has 1 saturated heterocycles. The fraction of sp³-hybridized carbons (Fsp3) is 0.341. The number of likely N-dealkylation sites (tertiary alicyclic amines) is 1. The van der Waals surface area contributed by atoms with Gasteiger partial charge in [0.2, 0.25) is 12.3 Å². The van der Waals surface area contributed by atoms with E-state index in [1.807, 2.05) is 23.1 Å². The molecule has 1 aliphatic carbocycles. The molecular formula is C41H46N4O6. The summed E-state index contributed by atoms with van der Waals surface area (Å²) in [6, 6.07) is 30.4. The number of benzene rings is 3. The Balaban J connectivity index is 0.000000283. The van der Waals surface area contributed by atoms with Crippen LogP contribution in [0.15, 0.2) is 108 Å². The number of carbonyl (C=O) groups is 4. The molecule has 10 nitrogen and oxygen atoms in total. The van der Waals surface area contributed by atoms with Crippen molar-refractivity contribution in [3.63, 3.8) is 0 Å². The second-order valence-electron chi connectivity index (χ2n) is 13.2. The molecule has 0 unspecified atom stereocenters. The second-order valence-corrected chi connectivity index (χ2v) is 13.2. The van der Waals surface area contributed by atoms with E-state index in [1.165, 1.54) is 15.7 Å². The van der Waals surface area contributed by atoms with Gasteiger partial charge in [0, 0.05) is 37.8 Å². The first-order valence-electron chi connectivity index (χ1n) is 17.5. The Kier molecular flexibility index (Phi) is 12.2. The Hall–Kier alpha value is -5.51. The van der Waals surface area contributed by atoms with Crippen molar-refractivity contribution < 1.29 is 23.9 Å². The Morgan fingerprint density at radius 2 is 1.55 bits per heavy atom. The maximum absolute atomic E-state index is 13.7. The fourth-order valence-corrected chi connectivity index (χ4v) is 7.13. The lowest BCUT2D eigenvalue weighted by Crippen LogP contribution is -2.49. The predicted molar refractivity (Wildman–Crippen MR) is 195 cm³/mol. The van der Waals surface area contributed by atoms with Crippen LogP contribution in [0.2, 0.25) is 0 Å². The van der Waals surface area contributed by atoms with Crippen LogP contribution in [0, 0.1) is 0 Å². The number of aromatic nitrogens is 1. The van der Waals surface area contributed by atoms with E-state index in [0.29, 0.717) is 44.5 Å². The van der Waals surface area contributed by atoms with Gasteiger partial charge >= 0.3 is 5.97 Å². The van der Waals surface area contributed by atoms with Crippen LogP contribution in [0.4, 0.5) is 0 Å². The summed E-state index contributed by atoms with van der Waals surface area (Å²) in [6.07, 6.45) is 5.23. The van der Waals surface area contributed by atoms with Crippen LogP contribution >= 0.6 is 0 Å². The molecular weight excluding hydrogens is 644 g/mol. The van der Waals surface area contributed by atoms with Crippen molar-refractivity contribution in [3.05, 3.63) is 141 Å². The van der Waals surface area contributed by atoms with Gasteiger partial charge in [-0.3, -0.25) is 19.2 Å². The van der Waals surface area contributed by atoms with E-state index < -0.39 is 12.0 Å². The van der Waals surface area contributed by atoms with Crippen LogP contribution in [-0.4, -0.2) is 59.4 Å². The molecule has 0 bridgehead atoms. The summed E-state index contributed by atoms with van der Waals surface area (Å²) in [5.41, 5.74) is 4.11. The molecule has 0 radical (unpaired) electrons. The van der Waals surface area contributed by atoms with Crippen LogP contribution in [0.25, 0.3) is 0 Å². The summed E-state index contributed by atoms with van der Waals surface area (Å²) in [5.74, 6) is -0.756. The topological polar surface area (TPSA) is 127 Å². The summed E-state index contributed by atoms with van der Waals surface area (Å²) in [7, 11) is 1.63. The van der Waals surface area contributed by atoms with Gasteiger partial charge in [-0.2, -0.15) is 0 Å². The highest BCUT2D eigenvalue weighted by molar-refractivity contribution is 5.94. The number of hydrogen-bond acceptors (Lipinski definition) is 6. The van der Waals surface area contributed by atoms with Gasteiger partial charge in [0.25, 0.3) is 11.5 Å². The van der Waals surface area contributed by atoms with Crippen molar-refractivity contribution in [1.82, 2.24) is 20.1 Å². The lowest BCUT2D eigenvalue weighted by atomic mass is 9.64. The maximum Gasteiger partial charge on any atom is 0.333 e. The molecule has 3 amide bonds. The normalized spacial score (nSPS) is 19.0. The number of pyridine rings is 1. The van der Waals surface area contributed by atoms with Crippen LogP contribution in [0.5, 0.6) is 0 Å². The third kappa shape index (κ3) is 8.45.